The zero-order valence-electron chi connectivity index (χ0n) is 15.9. The van der Waals surface area contributed by atoms with Crippen molar-refractivity contribution < 1.29 is 4.79 Å². The lowest BCUT2D eigenvalue weighted by molar-refractivity contribution is 0.102. The van der Waals surface area contributed by atoms with Crippen molar-refractivity contribution in [2.45, 2.75) is 25.2 Å². The molecule has 3 aromatic rings. The third-order valence-corrected chi connectivity index (χ3v) is 5.04. The van der Waals surface area contributed by atoms with Crippen molar-refractivity contribution in [1.29, 1.82) is 0 Å². The van der Waals surface area contributed by atoms with Crippen LogP contribution in [0.15, 0.2) is 54.6 Å². The van der Waals surface area contributed by atoms with Crippen LogP contribution in [0.2, 0.25) is 0 Å². The molecule has 1 aromatic heterocycles. The highest BCUT2D eigenvalue weighted by Gasteiger charge is 2.26. The van der Waals surface area contributed by atoms with Crippen molar-refractivity contribution in [2.75, 3.05) is 26.0 Å². The van der Waals surface area contributed by atoms with E-state index in [-0.39, 0.29) is 5.91 Å². The minimum atomic E-state index is -0.0726. The van der Waals surface area contributed by atoms with Gasteiger partial charge in [-0.2, -0.15) is 0 Å². The Labute approximate surface area is 160 Å². The molecule has 1 heterocycles. The van der Waals surface area contributed by atoms with Gasteiger partial charge in [-0.3, -0.25) is 9.78 Å². The summed E-state index contributed by atoms with van der Waals surface area (Å²) >= 11 is 0. The molecule has 4 nitrogen and oxygen atoms in total. The van der Waals surface area contributed by atoms with Crippen LogP contribution in [0.3, 0.4) is 0 Å². The molecule has 0 spiro atoms. The van der Waals surface area contributed by atoms with Crippen molar-refractivity contribution in [3.05, 3.63) is 71.4 Å². The summed E-state index contributed by atoms with van der Waals surface area (Å²) in [5.74, 6) is 0.439. The average Bonchev–Trinajstić information content (AvgIpc) is 3.52. The maximum Gasteiger partial charge on any atom is 0.256 e. The number of nitrogens with zero attached hydrogens (tertiary/aromatic N) is 2. The smallest absolute Gasteiger partial charge is 0.256 e. The number of fused-ring (bicyclic) bond motifs is 1. The van der Waals surface area contributed by atoms with Crippen LogP contribution in [0.4, 0.5) is 5.69 Å². The number of nitrogens with one attached hydrogen (secondary N) is 1. The van der Waals surface area contributed by atoms with Gasteiger partial charge in [0.2, 0.25) is 0 Å². The predicted octanol–water partition coefficient (Wildman–Crippen LogP) is 4.47. The number of carbonyl (C=O) groups is 1. The van der Waals surface area contributed by atoms with Gasteiger partial charge in [0.1, 0.15) is 0 Å². The van der Waals surface area contributed by atoms with Gasteiger partial charge in [-0.1, -0.05) is 30.3 Å². The van der Waals surface area contributed by atoms with E-state index in [1.54, 1.807) is 0 Å². The average molecular weight is 359 g/mol. The second kappa shape index (κ2) is 7.49. The van der Waals surface area contributed by atoms with E-state index in [1.807, 2.05) is 42.5 Å². The van der Waals surface area contributed by atoms with Crippen LogP contribution in [-0.4, -0.2) is 36.4 Å². The minimum Gasteiger partial charge on any atom is -0.322 e. The SMILES string of the molecule is CN(C)CCc1ccc(NC(=O)c2cc(C3CC3)nc3ccccc23)cc1. The van der Waals surface area contributed by atoms with Crippen molar-refractivity contribution in [3.8, 4) is 0 Å². The molecule has 4 heteroatoms. The standard InChI is InChI=1S/C23H25N3O/c1-26(2)14-13-16-7-11-18(12-8-16)24-23(27)20-15-22(17-9-10-17)25-21-6-4-3-5-19(20)21/h3-8,11-12,15,17H,9-10,13-14H2,1-2H3,(H,24,27). The third-order valence-electron chi connectivity index (χ3n) is 5.04. The molecule has 0 unspecified atom stereocenters. The molecular formula is C23H25N3O. The Morgan fingerprint density at radius 3 is 2.56 bits per heavy atom. The molecule has 0 atom stereocenters. The number of carbonyl (C=O) groups excluding carboxylic acids is 1. The van der Waals surface area contributed by atoms with E-state index in [2.05, 4.69) is 36.4 Å². The Morgan fingerprint density at radius 1 is 1.11 bits per heavy atom. The molecule has 1 amide bonds. The summed E-state index contributed by atoms with van der Waals surface area (Å²) in [6.45, 7) is 1.01. The van der Waals surface area contributed by atoms with Gasteiger partial charge in [0.05, 0.1) is 11.1 Å². The molecule has 0 bridgehead atoms. The number of benzene rings is 2. The highest BCUT2D eigenvalue weighted by Crippen LogP contribution is 2.40. The molecule has 138 valence electrons. The largest absolute Gasteiger partial charge is 0.322 e. The number of aromatic nitrogens is 1. The summed E-state index contributed by atoms with van der Waals surface area (Å²) in [6.07, 6.45) is 3.34. The second-order valence-electron chi connectivity index (χ2n) is 7.59. The summed E-state index contributed by atoms with van der Waals surface area (Å²) in [5, 5.41) is 3.96. The van der Waals surface area contributed by atoms with E-state index in [9.17, 15) is 4.79 Å². The maximum atomic E-state index is 13.0. The van der Waals surface area contributed by atoms with Gasteiger partial charge in [-0.25, -0.2) is 0 Å². The lowest BCUT2D eigenvalue weighted by atomic mass is 10.0. The van der Waals surface area contributed by atoms with Gasteiger partial charge in [0, 0.05) is 29.2 Å². The van der Waals surface area contributed by atoms with Crippen LogP contribution < -0.4 is 5.32 Å². The van der Waals surface area contributed by atoms with Crippen molar-refractivity contribution in [3.63, 3.8) is 0 Å². The zero-order chi connectivity index (χ0) is 18.8. The van der Waals surface area contributed by atoms with Gasteiger partial charge >= 0.3 is 0 Å². The number of likely N-dealkylation sites (N-methyl/N-ethyl adjacent to an activating group) is 1. The molecule has 2 aromatic carbocycles. The molecule has 1 aliphatic rings. The van der Waals surface area contributed by atoms with Gasteiger partial charge in [0.25, 0.3) is 5.91 Å². The minimum absolute atomic E-state index is 0.0726. The Morgan fingerprint density at radius 2 is 1.85 bits per heavy atom. The number of rotatable bonds is 6. The highest BCUT2D eigenvalue weighted by atomic mass is 16.1. The Bertz CT molecular complexity index is 959. The number of pyridine rings is 1. The molecule has 0 saturated heterocycles. The molecule has 0 radical (unpaired) electrons. The van der Waals surface area contributed by atoms with Crippen LogP contribution in [0.5, 0.6) is 0 Å². The third kappa shape index (κ3) is 4.17. The predicted molar refractivity (Wildman–Crippen MR) is 110 cm³/mol. The van der Waals surface area contributed by atoms with Gasteiger partial charge in [0.15, 0.2) is 0 Å². The summed E-state index contributed by atoms with van der Waals surface area (Å²) in [6, 6.07) is 18.0. The quantitative estimate of drug-likeness (QED) is 0.706. The first-order chi connectivity index (χ1) is 13.1. The van der Waals surface area contributed by atoms with Crippen molar-refractivity contribution in [1.82, 2.24) is 9.88 Å². The lowest BCUT2D eigenvalue weighted by Gasteiger charge is -2.12. The Kier molecular flexibility index (Phi) is 4.90. The van der Waals surface area contributed by atoms with Crippen LogP contribution >= 0.6 is 0 Å². The first kappa shape index (κ1) is 17.7. The summed E-state index contributed by atoms with van der Waals surface area (Å²) in [7, 11) is 4.15. The molecule has 1 aliphatic carbocycles. The van der Waals surface area contributed by atoms with E-state index >= 15 is 0 Å². The van der Waals surface area contributed by atoms with Crippen LogP contribution in [0, 0.1) is 0 Å². The summed E-state index contributed by atoms with van der Waals surface area (Å²) in [5.41, 5.74) is 4.73. The van der Waals surface area contributed by atoms with Crippen LogP contribution in [0.25, 0.3) is 10.9 Å². The fourth-order valence-corrected chi connectivity index (χ4v) is 3.28. The number of amides is 1. The second-order valence-corrected chi connectivity index (χ2v) is 7.59. The van der Waals surface area contributed by atoms with Gasteiger partial charge in [-0.15, -0.1) is 0 Å². The molecule has 1 N–H and O–H groups in total. The molecule has 1 fully saturated rings. The van der Waals surface area contributed by atoms with E-state index in [0.717, 1.165) is 35.2 Å². The van der Waals surface area contributed by atoms with Gasteiger partial charge < -0.3 is 10.2 Å². The summed E-state index contributed by atoms with van der Waals surface area (Å²) < 4.78 is 0. The first-order valence-corrected chi connectivity index (χ1v) is 9.55. The fourth-order valence-electron chi connectivity index (χ4n) is 3.28. The highest BCUT2D eigenvalue weighted by molar-refractivity contribution is 6.12. The number of hydrogen-bond acceptors (Lipinski definition) is 3. The van der Waals surface area contributed by atoms with Crippen molar-refractivity contribution >= 4 is 22.5 Å². The first-order valence-electron chi connectivity index (χ1n) is 9.55. The fraction of sp³-hybridized carbons (Fsp3) is 0.304. The molecule has 27 heavy (non-hydrogen) atoms. The zero-order valence-corrected chi connectivity index (χ0v) is 15.9. The van der Waals surface area contributed by atoms with E-state index in [0.29, 0.717) is 11.5 Å². The maximum absolute atomic E-state index is 13.0. The normalized spacial score (nSPS) is 13.9. The van der Waals surface area contributed by atoms with Gasteiger partial charge in [-0.05, 0) is 63.2 Å². The van der Waals surface area contributed by atoms with Crippen LogP contribution in [-0.2, 0) is 6.42 Å². The Balaban J connectivity index is 1.56. The van der Waals surface area contributed by atoms with E-state index < -0.39 is 0 Å². The summed E-state index contributed by atoms with van der Waals surface area (Å²) in [4.78, 5) is 19.9. The van der Waals surface area contributed by atoms with E-state index in [4.69, 9.17) is 4.98 Å². The monoisotopic (exact) mass is 359 g/mol. The van der Waals surface area contributed by atoms with E-state index in [1.165, 1.54) is 18.4 Å². The Hall–Kier alpha value is -2.72. The molecule has 1 saturated carbocycles. The molecule has 4 rings (SSSR count). The topological polar surface area (TPSA) is 45.2 Å². The molecule has 0 aliphatic heterocycles. The number of anilines is 1. The molecular weight excluding hydrogens is 334 g/mol. The van der Waals surface area contributed by atoms with Crippen molar-refractivity contribution in [2.24, 2.45) is 0 Å². The number of hydrogen-bond donors (Lipinski definition) is 1. The number of para-hydroxylation sites is 1. The lowest BCUT2D eigenvalue weighted by Crippen LogP contribution is -2.15. The van der Waals surface area contributed by atoms with Crippen LogP contribution in [0.1, 0.15) is 40.4 Å².